The molecule has 3 aromatic rings. The largest absolute Gasteiger partial charge is 0.490 e. The first-order chi connectivity index (χ1) is 19.1. The maximum absolute atomic E-state index is 12.5. The number of amides is 1. The second kappa shape index (κ2) is 15.0. The van der Waals surface area contributed by atoms with Crippen LogP contribution in [0.3, 0.4) is 0 Å². The predicted molar refractivity (Wildman–Crippen MR) is 154 cm³/mol. The minimum absolute atomic E-state index is 0.0624. The Morgan fingerprint density at radius 3 is 1.79 bits per heavy atom. The average Bonchev–Trinajstić information content (AvgIpc) is 2.92. The van der Waals surface area contributed by atoms with Gasteiger partial charge in [-0.3, -0.25) is 4.79 Å². The highest BCUT2D eigenvalue weighted by Crippen LogP contribution is 2.27. The number of aromatic carboxylic acids is 1. The van der Waals surface area contributed by atoms with Crippen molar-refractivity contribution in [2.24, 2.45) is 0 Å². The second-order valence-corrected chi connectivity index (χ2v) is 10.3. The Labute approximate surface area is 231 Å². The molecule has 0 atom stereocenters. The van der Waals surface area contributed by atoms with Gasteiger partial charge in [0.1, 0.15) is 17.2 Å². The van der Waals surface area contributed by atoms with E-state index in [1.54, 1.807) is 18.2 Å². The van der Waals surface area contributed by atoms with Crippen molar-refractivity contribution < 1.29 is 24.2 Å². The maximum Gasteiger partial charge on any atom is 0.337 e. The number of carbonyl (C=O) groups excluding carboxylic acids is 1. The fourth-order valence-corrected chi connectivity index (χ4v) is 4.99. The molecule has 206 valence electrons. The van der Waals surface area contributed by atoms with Crippen molar-refractivity contribution in [3.8, 4) is 17.2 Å². The van der Waals surface area contributed by atoms with Gasteiger partial charge in [-0.15, -0.1) is 0 Å². The number of ether oxygens (including phenoxy) is 2. The molecule has 1 amide bonds. The zero-order chi connectivity index (χ0) is 27.3. The van der Waals surface area contributed by atoms with Gasteiger partial charge in [0.25, 0.3) is 0 Å². The van der Waals surface area contributed by atoms with Crippen LogP contribution in [-0.2, 0) is 11.2 Å². The van der Waals surface area contributed by atoms with Crippen LogP contribution >= 0.6 is 0 Å². The summed E-state index contributed by atoms with van der Waals surface area (Å²) in [4.78, 5) is 23.8. The van der Waals surface area contributed by atoms with Crippen LogP contribution in [0.15, 0.2) is 72.8 Å². The Balaban J connectivity index is 1.26. The molecule has 1 saturated carbocycles. The lowest BCUT2D eigenvalue weighted by Gasteiger charge is -2.20. The molecule has 1 fully saturated rings. The quantitative estimate of drug-likeness (QED) is 0.306. The first kappa shape index (κ1) is 28.2. The lowest BCUT2D eigenvalue weighted by molar-refractivity contribution is -0.115. The normalized spacial score (nSPS) is 15.4. The molecule has 0 bridgehead atoms. The first-order valence-corrected chi connectivity index (χ1v) is 14.2. The molecule has 4 rings (SSSR count). The van der Waals surface area contributed by atoms with Gasteiger partial charge in [-0.1, -0.05) is 69.2 Å². The smallest absolute Gasteiger partial charge is 0.337 e. The van der Waals surface area contributed by atoms with E-state index in [4.69, 9.17) is 9.47 Å². The summed E-state index contributed by atoms with van der Waals surface area (Å²) in [6.45, 7) is 0. The standard InChI is InChI=1S/C33H39NO5/c35-32(34-31-15-11-10-14-30(31)33(36)37)24-25-16-18-27(19-17-25)39-29-22-20-28(21-23-29)38-26-12-8-6-4-2-1-3-5-7-9-13-26/h10-11,14-23,26H,1-9,12-13,24H2,(H,34,35)(H,36,37). The van der Waals surface area contributed by atoms with Crippen LogP contribution in [0.1, 0.15) is 86.6 Å². The van der Waals surface area contributed by atoms with Gasteiger partial charge in [-0.25, -0.2) is 4.79 Å². The van der Waals surface area contributed by atoms with Crippen molar-refractivity contribution in [2.75, 3.05) is 5.32 Å². The lowest BCUT2D eigenvalue weighted by atomic mass is 9.99. The third-order valence-corrected chi connectivity index (χ3v) is 7.13. The van der Waals surface area contributed by atoms with E-state index < -0.39 is 5.97 Å². The molecular formula is C33H39NO5. The number of carbonyl (C=O) groups is 2. The Hall–Kier alpha value is -3.80. The van der Waals surface area contributed by atoms with Gasteiger partial charge in [-0.05, 0) is 79.8 Å². The molecule has 2 N–H and O–H groups in total. The molecule has 0 saturated heterocycles. The SMILES string of the molecule is O=C(Cc1ccc(Oc2ccc(OC3CCCCCCCCCCC3)cc2)cc1)Nc1ccccc1C(=O)O. The van der Waals surface area contributed by atoms with Crippen LogP contribution in [0.25, 0.3) is 0 Å². The third-order valence-electron chi connectivity index (χ3n) is 7.13. The number of benzene rings is 3. The van der Waals surface area contributed by atoms with Crippen LogP contribution < -0.4 is 14.8 Å². The van der Waals surface area contributed by atoms with Crippen molar-refractivity contribution in [1.82, 2.24) is 0 Å². The Morgan fingerprint density at radius 1 is 0.692 bits per heavy atom. The summed E-state index contributed by atoms with van der Waals surface area (Å²) in [7, 11) is 0. The Kier molecular flexibility index (Phi) is 10.8. The average molecular weight is 530 g/mol. The summed E-state index contributed by atoms with van der Waals surface area (Å²) in [6.07, 6.45) is 14.5. The topological polar surface area (TPSA) is 84.9 Å². The van der Waals surface area contributed by atoms with Gasteiger partial charge in [0, 0.05) is 0 Å². The molecule has 1 aliphatic carbocycles. The summed E-state index contributed by atoms with van der Waals surface area (Å²) >= 11 is 0. The van der Waals surface area contributed by atoms with E-state index in [0.717, 1.165) is 29.9 Å². The molecule has 0 unspecified atom stereocenters. The minimum Gasteiger partial charge on any atom is -0.490 e. The van der Waals surface area contributed by atoms with E-state index in [1.807, 2.05) is 48.5 Å². The molecule has 6 heteroatoms. The van der Waals surface area contributed by atoms with E-state index in [0.29, 0.717) is 5.75 Å². The van der Waals surface area contributed by atoms with E-state index >= 15 is 0 Å². The number of rotatable bonds is 8. The summed E-state index contributed by atoms with van der Waals surface area (Å²) in [5.41, 5.74) is 1.15. The monoisotopic (exact) mass is 529 g/mol. The Bertz CT molecular complexity index is 1180. The van der Waals surface area contributed by atoms with Crippen LogP contribution in [0, 0.1) is 0 Å². The van der Waals surface area contributed by atoms with E-state index in [2.05, 4.69) is 5.32 Å². The van der Waals surface area contributed by atoms with Gasteiger partial charge in [0.15, 0.2) is 0 Å². The number of carboxylic acid groups (broad SMARTS) is 1. The van der Waals surface area contributed by atoms with E-state index in [9.17, 15) is 14.7 Å². The number of anilines is 1. The van der Waals surface area contributed by atoms with Crippen LogP contribution in [-0.4, -0.2) is 23.1 Å². The molecule has 0 radical (unpaired) electrons. The molecular weight excluding hydrogens is 490 g/mol. The molecule has 6 nitrogen and oxygen atoms in total. The highest BCUT2D eigenvalue weighted by atomic mass is 16.5. The van der Waals surface area contributed by atoms with E-state index in [1.165, 1.54) is 63.9 Å². The molecule has 39 heavy (non-hydrogen) atoms. The molecule has 0 aromatic heterocycles. The van der Waals surface area contributed by atoms with Gasteiger partial charge in [0.2, 0.25) is 5.91 Å². The summed E-state index contributed by atoms with van der Waals surface area (Å²) < 4.78 is 12.3. The molecule has 0 spiro atoms. The fraction of sp³-hybridized carbons (Fsp3) is 0.394. The fourth-order valence-electron chi connectivity index (χ4n) is 4.99. The van der Waals surface area contributed by atoms with Gasteiger partial charge < -0.3 is 19.9 Å². The molecule has 3 aromatic carbocycles. The van der Waals surface area contributed by atoms with Crippen molar-refractivity contribution >= 4 is 17.6 Å². The van der Waals surface area contributed by atoms with Crippen molar-refractivity contribution in [3.05, 3.63) is 83.9 Å². The number of para-hydroxylation sites is 1. The maximum atomic E-state index is 12.5. The number of carboxylic acids is 1. The predicted octanol–water partition coefficient (Wildman–Crippen LogP) is 8.41. The minimum atomic E-state index is -1.08. The second-order valence-electron chi connectivity index (χ2n) is 10.3. The molecule has 0 heterocycles. The van der Waals surface area contributed by atoms with E-state index in [-0.39, 0.29) is 29.7 Å². The third kappa shape index (κ3) is 9.47. The van der Waals surface area contributed by atoms with Gasteiger partial charge in [-0.2, -0.15) is 0 Å². The number of nitrogens with one attached hydrogen (secondary N) is 1. The van der Waals surface area contributed by atoms with Crippen molar-refractivity contribution in [3.63, 3.8) is 0 Å². The number of hydrogen-bond acceptors (Lipinski definition) is 4. The first-order valence-electron chi connectivity index (χ1n) is 14.2. The zero-order valence-corrected chi connectivity index (χ0v) is 22.6. The summed E-state index contributed by atoms with van der Waals surface area (Å²) in [5.74, 6) is 0.906. The highest BCUT2D eigenvalue weighted by molar-refractivity contribution is 6.01. The van der Waals surface area contributed by atoms with Crippen LogP contribution in [0.4, 0.5) is 5.69 Å². The summed E-state index contributed by atoms with van der Waals surface area (Å²) in [6, 6.07) is 21.5. The Morgan fingerprint density at radius 2 is 1.21 bits per heavy atom. The zero-order valence-electron chi connectivity index (χ0n) is 22.6. The van der Waals surface area contributed by atoms with Crippen LogP contribution in [0.5, 0.6) is 17.2 Å². The van der Waals surface area contributed by atoms with Crippen molar-refractivity contribution in [2.45, 2.75) is 83.2 Å². The molecule has 1 aliphatic rings. The van der Waals surface area contributed by atoms with Crippen LogP contribution in [0.2, 0.25) is 0 Å². The van der Waals surface area contributed by atoms with Gasteiger partial charge >= 0.3 is 5.97 Å². The summed E-state index contributed by atoms with van der Waals surface area (Å²) in [5, 5.41) is 12.0. The van der Waals surface area contributed by atoms with Gasteiger partial charge in [0.05, 0.1) is 23.8 Å². The highest BCUT2D eigenvalue weighted by Gasteiger charge is 2.13. The number of hydrogen-bond donors (Lipinski definition) is 2. The van der Waals surface area contributed by atoms with Crippen molar-refractivity contribution in [1.29, 1.82) is 0 Å². The molecule has 0 aliphatic heterocycles. The lowest BCUT2D eigenvalue weighted by Crippen LogP contribution is -2.16.